The van der Waals surface area contributed by atoms with Gasteiger partial charge in [-0.05, 0) is 12.8 Å². The number of rotatable bonds is 6. The largest absolute Gasteiger partial charge is 0.392 e. The highest BCUT2D eigenvalue weighted by Crippen LogP contribution is 2.32. The van der Waals surface area contributed by atoms with E-state index in [1.807, 2.05) is 0 Å². The zero-order chi connectivity index (χ0) is 12.1. The first-order valence-corrected chi connectivity index (χ1v) is 6.93. The third kappa shape index (κ3) is 3.54. The van der Waals surface area contributed by atoms with Crippen LogP contribution >= 0.6 is 0 Å². The van der Waals surface area contributed by atoms with Crippen LogP contribution in [0, 0.1) is 5.92 Å². The molecular formula is C14H24O3. The normalized spacial score (nSPS) is 36.8. The Hall–Kier alpha value is -0.380. The summed E-state index contributed by atoms with van der Waals surface area (Å²) in [5, 5.41) is 9.98. The smallest absolute Gasteiger partial charge is 0.160 e. The van der Waals surface area contributed by atoms with Gasteiger partial charge in [-0.25, -0.2) is 0 Å². The van der Waals surface area contributed by atoms with Crippen molar-refractivity contribution in [2.75, 3.05) is 6.61 Å². The van der Waals surface area contributed by atoms with Crippen LogP contribution in [-0.2, 0) is 9.47 Å². The lowest BCUT2D eigenvalue weighted by Gasteiger charge is -2.29. The highest BCUT2D eigenvalue weighted by Gasteiger charge is 2.41. The molecule has 17 heavy (non-hydrogen) atoms. The maximum Gasteiger partial charge on any atom is 0.160 e. The number of ether oxygens (including phenoxy) is 2. The van der Waals surface area contributed by atoms with Gasteiger partial charge in [0.1, 0.15) is 0 Å². The van der Waals surface area contributed by atoms with Crippen molar-refractivity contribution < 1.29 is 14.6 Å². The van der Waals surface area contributed by atoms with Gasteiger partial charge in [0.25, 0.3) is 0 Å². The summed E-state index contributed by atoms with van der Waals surface area (Å²) in [6, 6.07) is 0. The SMILES string of the molecule is CCCCCC/C=C\[C@H]1[C@H](O)C[C@@H]2OC[C@H]1O2. The van der Waals surface area contributed by atoms with E-state index in [4.69, 9.17) is 9.47 Å². The molecule has 0 radical (unpaired) electrons. The standard InChI is InChI=1S/C14H24O3/c1-2-3-4-5-6-7-8-11-12(15)9-14-16-10-13(11)17-14/h7-8,11-15H,2-6,9-10H2,1H3/b8-7-/t11-,12+,13+,14+/m0/s1. The number of aliphatic hydroxyl groups is 1. The van der Waals surface area contributed by atoms with E-state index in [0.717, 1.165) is 6.42 Å². The lowest BCUT2D eigenvalue weighted by Crippen LogP contribution is -2.38. The molecule has 3 nitrogen and oxygen atoms in total. The fraction of sp³-hybridized carbons (Fsp3) is 0.857. The van der Waals surface area contributed by atoms with Crippen molar-refractivity contribution in [3.8, 4) is 0 Å². The van der Waals surface area contributed by atoms with Gasteiger partial charge >= 0.3 is 0 Å². The topological polar surface area (TPSA) is 38.7 Å². The Labute approximate surface area is 104 Å². The van der Waals surface area contributed by atoms with Gasteiger partial charge < -0.3 is 14.6 Å². The first kappa shape index (κ1) is 13.1. The van der Waals surface area contributed by atoms with Crippen LogP contribution in [0.5, 0.6) is 0 Å². The molecule has 0 aromatic carbocycles. The van der Waals surface area contributed by atoms with Gasteiger partial charge in [0.15, 0.2) is 6.29 Å². The molecule has 2 rings (SSSR count). The molecule has 2 aliphatic heterocycles. The Bertz CT molecular complexity index is 252. The Balaban J connectivity index is 1.71. The van der Waals surface area contributed by atoms with Crippen LogP contribution in [0.2, 0.25) is 0 Å². The molecule has 98 valence electrons. The van der Waals surface area contributed by atoms with Crippen molar-refractivity contribution in [2.45, 2.75) is 63.9 Å². The van der Waals surface area contributed by atoms with Crippen LogP contribution in [0.25, 0.3) is 0 Å². The number of unbranched alkanes of at least 4 members (excludes halogenated alkanes) is 4. The third-order valence-corrected chi connectivity index (χ3v) is 3.66. The molecule has 2 saturated heterocycles. The van der Waals surface area contributed by atoms with Crippen LogP contribution in [-0.4, -0.2) is 30.2 Å². The minimum absolute atomic E-state index is 0.0654. The van der Waals surface area contributed by atoms with E-state index < -0.39 is 0 Å². The summed E-state index contributed by atoms with van der Waals surface area (Å²) in [6.07, 6.45) is 10.8. The molecule has 2 bridgehead atoms. The van der Waals surface area contributed by atoms with E-state index in [0.29, 0.717) is 13.0 Å². The first-order chi connectivity index (χ1) is 8.31. The van der Waals surface area contributed by atoms with E-state index in [1.54, 1.807) is 0 Å². The Morgan fingerprint density at radius 2 is 2.18 bits per heavy atom. The fourth-order valence-electron chi connectivity index (χ4n) is 2.60. The van der Waals surface area contributed by atoms with Gasteiger partial charge in [0.2, 0.25) is 0 Å². The summed E-state index contributed by atoms with van der Waals surface area (Å²) in [4.78, 5) is 0. The zero-order valence-electron chi connectivity index (χ0n) is 10.7. The second-order valence-electron chi connectivity index (χ2n) is 5.10. The van der Waals surface area contributed by atoms with E-state index >= 15 is 0 Å². The zero-order valence-corrected chi connectivity index (χ0v) is 10.7. The lowest BCUT2D eigenvalue weighted by molar-refractivity contribution is -0.132. The van der Waals surface area contributed by atoms with Crippen LogP contribution < -0.4 is 0 Å². The van der Waals surface area contributed by atoms with E-state index in [-0.39, 0.29) is 24.4 Å². The van der Waals surface area contributed by atoms with Gasteiger partial charge in [0, 0.05) is 12.3 Å². The fourth-order valence-corrected chi connectivity index (χ4v) is 2.60. The second kappa shape index (κ2) is 6.53. The molecule has 1 N–H and O–H groups in total. The van der Waals surface area contributed by atoms with Crippen molar-refractivity contribution in [2.24, 2.45) is 5.92 Å². The summed E-state index contributed by atoms with van der Waals surface area (Å²) in [5.74, 6) is 0.125. The highest BCUT2D eigenvalue weighted by atomic mass is 16.7. The van der Waals surface area contributed by atoms with Gasteiger partial charge in [-0.2, -0.15) is 0 Å². The van der Waals surface area contributed by atoms with E-state index in [9.17, 15) is 5.11 Å². The first-order valence-electron chi connectivity index (χ1n) is 6.93. The average Bonchev–Trinajstić information content (AvgIpc) is 2.70. The van der Waals surface area contributed by atoms with Crippen molar-refractivity contribution in [3.63, 3.8) is 0 Å². The molecule has 2 heterocycles. The van der Waals surface area contributed by atoms with Gasteiger partial charge in [-0.3, -0.25) is 0 Å². The van der Waals surface area contributed by atoms with Crippen molar-refractivity contribution in [3.05, 3.63) is 12.2 Å². The number of allylic oxidation sites excluding steroid dienone is 1. The van der Waals surface area contributed by atoms with Crippen LogP contribution in [0.15, 0.2) is 12.2 Å². The summed E-state index contributed by atoms with van der Waals surface area (Å²) in [7, 11) is 0. The van der Waals surface area contributed by atoms with Crippen LogP contribution in [0.4, 0.5) is 0 Å². The molecule has 0 aromatic heterocycles. The lowest BCUT2D eigenvalue weighted by atomic mass is 9.91. The molecule has 0 spiro atoms. The van der Waals surface area contributed by atoms with Gasteiger partial charge in [-0.15, -0.1) is 0 Å². The molecule has 0 aliphatic carbocycles. The molecule has 0 aromatic rings. The molecule has 0 unspecified atom stereocenters. The van der Waals surface area contributed by atoms with Crippen LogP contribution in [0.3, 0.4) is 0 Å². The summed E-state index contributed by atoms with van der Waals surface area (Å²) >= 11 is 0. The third-order valence-electron chi connectivity index (χ3n) is 3.66. The minimum Gasteiger partial charge on any atom is -0.392 e. The maximum atomic E-state index is 9.98. The van der Waals surface area contributed by atoms with Gasteiger partial charge in [-0.1, -0.05) is 38.3 Å². The molecule has 3 heteroatoms. The summed E-state index contributed by atoms with van der Waals surface area (Å²) in [5.41, 5.74) is 0. The summed E-state index contributed by atoms with van der Waals surface area (Å²) < 4.78 is 11.1. The molecular weight excluding hydrogens is 216 g/mol. The highest BCUT2D eigenvalue weighted by molar-refractivity contribution is 5.00. The Morgan fingerprint density at radius 3 is 3.00 bits per heavy atom. The van der Waals surface area contributed by atoms with Crippen molar-refractivity contribution in [1.82, 2.24) is 0 Å². The number of fused-ring (bicyclic) bond motifs is 2. The summed E-state index contributed by atoms with van der Waals surface area (Å²) in [6.45, 7) is 2.86. The quantitative estimate of drug-likeness (QED) is 0.573. The van der Waals surface area contributed by atoms with E-state index in [1.165, 1.54) is 25.7 Å². The Kier molecular flexibility index (Phi) is 5.01. The molecule has 4 atom stereocenters. The van der Waals surface area contributed by atoms with Crippen molar-refractivity contribution in [1.29, 1.82) is 0 Å². The number of aliphatic hydroxyl groups excluding tert-OH is 1. The predicted molar refractivity (Wildman–Crippen MR) is 66.6 cm³/mol. The second-order valence-corrected chi connectivity index (χ2v) is 5.10. The number of hydrogen-bond acceptors (Lipinski definition) is 3. The molecule has 2 aliphatic rings. The predicted octanol–water partition coefficient (Wildman–Crippen LogP) is 2.64. The Morgan fingerprint density at radius 1 is 1.29 bits per heavy atom. The average molecular weight is 240 g/mol. The monoisotopic (exact) mass is 240 g/mol. The molecule has 0 saturated carbocycles. The van der Waals surface area contributed by atoms with Crippen LogP contribution in [0.1, 0.15) is 45.4 Å². The maximum absolute atomic E-state index is 9.98. The number of hydrogen-bond donors (Lipinski definition) is 1. The molecule has 0 amide bonds. The minimum atomic E-state index is -0.298. The van der Waals surface area contributed by atoms with E-state index in [2.05, 4.69) is 19.1 Å². The van der Waals surface area contributed by atoms with Gasteiger partial charge in [0.05, 0.1) is 18.8 Å². The van der Waals surface area contributed by atoms with Crippen molar-refractivity contribution >= 4 is 0 Å². The molecule has 2 fully saturated rings.